The molecule has 0 heterocycles. The van der Waals surface area contributed by atoms with E-state index in [9.17, 15) is 0 Å². The minimum Gasteiger partial charge on any atom is -0.496 e. The third-order valence-electron chi connectivity index (χ3n) is 2.90. The number of ether oxygens (including phenoxy) is 1. The van der Waals surface area contributed by atoms with E-state index < -0.39 is 0 Å². The molecule has 0 saturated heterocycles. The molecule has 1 aromatic carbocycles. The standard InChI is InChI=1S/C13H19BrO/c1-5-11(8-14)12-6-10(3)13(15-4)7-9(12)2/h6-7,11H,5,8H2,1-4H3. The van der Waals surface area contributed by atoms with Crippen LogP contribution in [0.1, 0.15) is 36.0 Å². The first-order valence-electron chi connectivity index (χ1n) is 5.35. The average Bonchev–Trinajstić information content (AvgIpc) is 2.24. The van der Waals surface area contributed by atoms with Gasteiger partial charge in [-0.2, -0.15) is 0 Å². The molecular weight excluding hydrogens is 252 g/mol. The van der Waals surface area contributed by atoms with Crippen LogP contribution in [0.25, 0.3) is 0 Å². The fourth-order valence-corrected chi connectivity index (χ4v) is 2.69. The van der Waals surface area contributed by atoms with Gasteiger partial charge in [-0.3, -0.25) is 0 Å². The van der Waals surface area contributed by atoms with E-state index in [2.05, 4.69) is 48.8 Å². The molecule has 1 nitrogen and oxygen atoms in total. The predicted molar refractivity (Wildman–Crippen MR) is 69.3 cm³/mol. The normalized spacial score (nSPS) is 12.6. The Morgan fingerprint density at radius 3 is 2.40 bits per heavy atom. The van der Waals surface area contributed by atoms with E-state index in [1.54, 1.807) is 7.11 Å². The van der Waals surface area contributed by atoms with E-state index in [1.807, 2.05) is 0 Å². The van der Waals surface area contributed by atoms with E-state index in [-0.39, 0.29) is 0 Å². The van der Waals surface area contributed by atoms with Gasteiger partial charge in [0.2, 0.25) is 0 Å². The second-order valence-corrected chi connectivity index (χ2v) is 4.59. The molecule has 0 radical (unpaired) electrons. The molecule has 2 heteroatoms. The van der Waals surface area contributed by atoms with Crippen LogP contribution in [0.15, 0.2) is 12.1 Å². The number of aryl methyl sites for hydroxylation is 2. The Hall–Kier alpha value is -0.500. The maximum absolute atomic E-state index is 5.32. The first-order valence-corrected chi connectivity index (χ1v) is 6.47. The number of hydrogen-bond donors (Lipinski definition) is 0. The zero-order valence-corrected chi connectivity index (χ0v) is 11.5. The molecule has 0 saturated carbocycles. The maximum Gasteiger partial charge on any atom is 0.122 e. The third-order valence-corrected chi connectivity index (χ3v) is 3.68. The zero-order valence-electron chi connectivity index (χ0n) is 9.93. The third kappa shape index (κ3) is 2.75. The second kappa shape index (κ2) is 5.55. The van der Waals surface area contributed by atoms with Gasteiger partial charge in [-0.1, -0.05) is 28.9 Å². The van der Waals surface area contributed by atoms with Crippen LogP contribution in [0.3, 0.4) is 0 Å². The lowest BCUT2D eigenvalue weighted by atomic mass is 9.92. The molecular formula is C13H19BrO. The molecule has 0 aromatic heterocycles. The molecule has 0 fully saturated rings. The summed E-state index contributed by atoms with van der Waals surface area (Å²) in [5.41, 5.74) is 3.98. The van der Waals surface area contributed by atoms with Crippen molar-refractivity contribution in [3.63, 3.8) is 0 Å². The van der Waals surface area contributed by atoms with Gasteiger partial charge in [-0.05, 0) is 48.9 Å². The van der Waals surface area contributed by atoms with E-state index >= 15 is 0 Å². The SMILES string of the molecule is CCC(CBr)c1cc(C)c(OC)cc1C. The fourth-order valence-electron chi connectivity index (χ4n) is 1.88. The molecule has 0 N–H and O–H groups in total. The van der Waals surface area contributed by atoms with Crippen molar-refractivity contribution in [3.8, 4) is 5.75 Å². The van der Waals surface area contributed by atoms with E-state index in [1.165, 1.54) is 16.7 Å². The number of hydrogen-bond acceptors (Lipinski definition) is 1. The lowest BCUT2D eigenvalue weighted by molar-refractivity contribution is 0.411. The van der Waals surface area contributed by atoms with Crippen LogP contribution < -0.4 is 4.74 Å². The van der Waals surface area contributed by atoms with Crippen LogP contribution in [-0.4, -0.2) is 12.4 Å². The van der Waals surface area contributed by atoms with Crippen molar-refractivity contribution in [3.05, 3.63) is 28.8 Å². The van der Waals surface area contributed by atoms with Crippen molar-refractivity contribution in [2.45, 2.75) is 33.1 Å². The van der Waals surface area contributed by atoms with Gasteiger partial charge in [0.1, 0.15) is 5.75 Å². The Morgan fingerprint density at radius 2 is 1.93 bits per heavy atom. The second-order valence-electron chi connectivity index (χ2n) is 3.94. The van der Waals surface area contributed by atoms with Crippen LogP contribution in [0, 0.1) is 13.8 Å². The molecule has 0 aliphatic carbocycles. The van der Waals surface area contributed by atoms with Crippen LogP contribution in [0.5, 0.6) is 5.75 Å². The number of halogens is 1. The lowest BCUT2D eigenvalue weighted by Crippen LogP contribution is -2.02. The van der Waals surface area contributed by atoms with Gasteiger partial charge in [0.15, 0.2) is 0 Å². The minimum absolute atomic E-state index is 0.606. The largest absolute Gasteiger partial charge is 0.496 e. The van der Waals surface area contributed by atoms with Gasteiger partial charge in [0, 0.05) is 5.33 Å². The van der Waals surface area contributed by atoms with Gasteiger partial charge in [-0.25, -0.2) is 0 Å². The first kappa shape index (κ1) is 12.6. The fraction of sp³-hybridized carbons (Fsp3) is 0.538. The summed E-state index contributed by atoms with van der Waals surface area (Å²) in [4.78, 5) is 0. The first-order chi connectivity index (χ1) is 7.13. The molecule has 1 aromatic rings. The summed E-state index contributed by atoms with van der Waals surface area (Å²) < 4.78 is 5.32. The summed E-state index contributed by atoms with van der Waals surface area (Å²) in [7, 11) is 1.73. The lowest BCUT2D eigenvalue weighted by Gasteiger charge is -2.17. The van der Waals surface area contributed by atoms with E-state index in [0.29, 0.717) is 5.92 Å². The summed E-state index contributed by atoms with van der Waals surface area (Å²) in [6.07, 6.45) is 1.16. The number of benzene rings is 1. The highest BCUT2D eigenvalue weighted by atomic mass is 79.9. The summed E-state index contributed by atoms with van der Waals surface area (Å²) in [5.74, 6) is 1.59. The topological polar surface area (TPSA) is 9.23 Å². The van der Waals surface area contributed by atoms with Gasteiger partial charge in [0.25, 0.3) is 0 Å². The molecule has 0 aliphatic rings. The van der Waals surface area contributed by atoms with Crippen LogP contribution in [-0.2, 0) is 0 Å². The van der Waals surface area contributed by atoms with Gasteiger partial charge in [-0.15, -0.1) is 0 Å². The summed E-state index contributed by atoms with van der Waals surface area (Å²) >= 11 is 3.58. The van der Waals surface area contributed by atoms with Gasteiger partial charge >= 0.3 is 0 Å². The average molecular weight is 271 g/mol. The van der Waals surface area contributed by atoms with Gasteiger partial charge in [0.05, 0.1) is 7.11 Å². The van der Waals surface area contributed by atoms with Crippen molar-refractivity contribution < 1.29 is 4.74 Å². The highest BCUT2D eigenvalue weighted by Crippen LogP contribution is 2.30. The smallest absolute Gasteiger partial charge is 0.122 e. The van der Waals surface area contributed by atoms with Crippen LogP contribution in [0.4, 0.5) is 0 Å². The van der Waals surface area contributed by atoms with Crippen molar-refractivity contribution in [1.82, 2.24) is 0 Å². The highest BCUT2D eigenvalue weighted by Gasteiger charge is 2.12. The van der Waals surface area contributed by atoms with Gasteiger partial charge < -0.3 is 4.74 Å². The van der Waals surface area contributed by atoms with Crippen molar-refractivity contribution in [2.24, 2.45) is 0 Å². The summed E-state index contributed by atoms with van der Waals surface area (Å²) in [6, 6.07) is 4.39. The minimum atomic E-state index is 0.606. The molecule has 1 atom stereocenters. The van der Waals surface area contributed by atoms with Crippen LogP contribution in [0.2, 0.25) is 0 Å². The van der Waals surface area contributed by atoms with Crippen LogP contribution >= 0.6 is 15.9 Å². The summed E-state index contributed by atoms with van der Waals surface area (Å²) in [6.45, 7) is 6.48. The molecule has 0 bridgehead atoms. The number of rotatable bonds is 4. The Kier molecular flexibility index (Phi) is 4.65. The molecule has 84 valence electrons. The molecule has 15 heavy (non-hydrogen) atoms. The molecule has 1 unspecified atom stereocenters. The Labute approximate surface area is 101 Å². The Balaban J connectivity index is 3.14. The molecule has 0 amide bonds. The van der Waals surface area contributed by atoms with Crippen molar-refractivity contribution >= 4 is 15.9 Å². The maximum atomic E-state index is 5.32. The summed E-state index contributed by atoms with van der Waals surface area (Å²) in [5, 5.41) is 1.02. The van der Waals surface area contributed by atoms with Crippen molar-refractivity contribution in [1.29, 1.82) is 0 Å². The zero-order chi connectivity index (χ0) is 11.4. The quantitative estimate of drug-likeness (QED) is 0.746. The highest BCUT2D eigenvalue weighted by molar-refractivity contribution is 9.09. The molecule has 0 aliphatic heterocycles. The number of methoxy groups -OCH3 is 1. The Bertz CT molecular complexity index is 330. The molecule has 0 spiro atoms. The number of alkyl halides is 1. The van der Waals surface area contributed by atoms with E-state index in [0.717, 1.165) is 17.5 Å². The Morgan fingerprint density at radius 1 is 1.27 bits per heavy atom. The van der Waals surface area contributed by atoms with Crippen molar-refractivity contribution in [2.75, 3.05) is 12.4 Å². The monoisotopic (exact) mass is 270 g/mol. The van der Waals surface area contributed by atoms with E-state index in [4.69, 9.17) is 4.74 Å². The molecule has 1 rings (SSSR count). The predicted octanol–water partition coefficient (Wildman–Crippen LogP) is 4.20.